The van der Waals surface area contributed by atoms with Crippen molar-refractivity contribution in [1.29, 1.82) is 0 Å². The van der Waals surface area contributed by atoms with Gasteiger partial charge in [-0.15, -0.1) is 0 Å². The molecule has 1 fully saturated rings. The van der Waals surface area contributed by atoms with Gasteiger partial charge >= 0.3 is 5.69 Å². The summed E-state index contributed by atoms with van der Waals surface area (Å²) in [4.78, 5) is 61.7. The lowest BCUT2D eigenvalue weighted by Crippen LogP contribution is -2.38. The molecule has 35 heavy (non-hydrogen) atoms. The second kappa shape index (κ2) is 8.74. The standard InChI is InChI=1S/C22H24N10O3/c1-13(32-12-26-18-16(32)20(34)30(3)22(35)29(18)2)19(33)28-15-6-7-23-17(27-15)14-10-24-21(25-11-14)31-8-4-5-9-31/h6-7,10-13H,4-5,8-9H2,1-3H3,(H,23,27,28,33)/t13-/m0/s1. The fourth-order valence-corrected chi connectivity index (χ4v) is 4.10. The number of nitrogens with one attached hydrogen (secondary N) is 1. The molecular weight excluding hydrogens is 452 g/mol. The number of aromatic nitrogens is 8. The van der Waals surface area contributed by atoms with Crippen LogP contribution in [0.4, 0.5) is 11.8 Å². The van der Waals surface area contributed by atoms with E-state index < -0.39 is 23.2 Å². The highest BCUT2D eigenvalue weighted by atomic mass is 16.2. The van der Waals surface area contributed by atoms with E-state index in [9.17, 15) is 14.4 Å². The van der Waals surface area contributed by atoms with Gasteiger partial charge in [-0.1, -0.05) is 0 Å². The molecule has 1 aliphatic heterocycles. The van der Waals surface area contributed by atoms with Gasteiger partial charge < -0.3 is 14.8 Å². The molecule has 1 amide bonds. The van der Waals surface area contributed by atoms with Crippen LogP contribution in [-0.4, -0.2) is 57.6 Å². The predicted molar refractivity (Wildman–Crippen MR) is 128 cm³/mol. The van der Waals surface area contributed by atoms with Crippen LogP contribution in [0.25, 0.3) is 22.6 Å². The molecule has 0 bridgehead atoms. The lowest BCUT2D eigenvalue weighted by Gasteiger charge is -2.15. The number of carbonyl (C=O) groups excluding carboxylic acids is 1. The number of hydrogen-bond acceptors (Lipinski definition) is 9. The predicted octanol–water partition coefficient (Wildman–Crippen LogP) is 0.481. The van der Waals surface area contributed by atoms with Gasteiger partial charge in [-0.25, -0.2) is 29.7 Å². The smallest absolute Gasteiger partial charge is 0.332 e. The Morgan fingerprint density at radius 3 is 2.46 bits per heavy atom. The lowest BCUT2D eigenvalue weighted by atomic mass is 10.3. The summed E-state index contributed by atoms with van der Waals surface area (Å²) in [6.45, 7) is 3.53. The normalized spacial score (nSPS) is 14.4. The monoisotopic (exact) mass is 476 g/mol. The highest BCUT2D eigenvalue weighted by Crippen LogP contribution is 2.20. The van der Waals surface area contributed by atoms with Gasteiger partial charge in [0.25, 0.3) is 5.56 Å². The Kier molecular flexibility index (Phi) is 5.59. The van der Waals surface area contributed by atoms with E-state index in [0.29, 0.717) is 23.2 Å². The summed E-state index contributed by atoms with van der Waals surface area (Å²) in [6, 6.07) is 0.772. The van der Waals surface area contributed by atoms with Crippen molar-refractivity contribution in [3.05, 3.63) is 51.8 Å². The Morgan fingerprint density at radius 1 is 1.03 bits per heavy atom. The number of carbonyl (C=O) groups is 1. The van der Waals surface area contributed by atoms with Crippen LogP contribution in [0, 0.1) is 0 Å². The lowest BCUT2D eigenvalue weighted by molar-refractivity contribution is -0.118. The fraction of sp³-hybridized carbons (Fsp3) is 0.364. The van der Waals surface area contributed by atoms with Gasteiger partial charge in [0.05, 0.1) is 11.9 Å². The van der Waals surface area contributed by atoms with E-state index in [2.05, 4.69) is 35.1 Å². The molecule has 5 rings (SSSR count). The van der Waals surface area contributed by atoms with Gasteiger partial charge in [0, 0.05) is 45.8 Å². The van der Waals surface area contributed by atoms with Crippen molar-refractivity contribution < 1.29 is 4.79 Å². The second-order valence-electron chi connectivity index (χ2n) is 8.43. The molecular formula is C22H24N10O3. The van der Waals surface area contributed by atoms with Gasteiger partial charge in [-0.05, 0) is 25.8 Å². The third-order valence-electron chi connectivity index (χ3n) is 6.16. The van der Waals surface area contributed by atoms with Gasteiger partial charge in [0.2, 0.25) is 11.9 Å². The molecule has 0 radical (unpaired) electrons. The summed E-state index contributed by atoms with van der Waals surface area (Å²) < 4.78 is 3.70. The number of hydrogen-bond donors (Lipinski definition) is 1. The third kappa shape index (κ3) is 3.94. The van der Waals surface area contributed by atoms with E-state index >= 15 is 0 Å². The highest BCUT2D eigenvalue weighted by molar-refractivity contribution is 5.93. The van der Waals surface area contributed by atoms with Crippen LogP contribution in [0.3, 0.4) is 0 Å². The first-order valence-electron chi connectivity index (χ1n) is 11.2. The molecule has 4 aromatic heterocycles. The second-order valence-corrected chi connectivity index (χ2v) is 8.43. The fourth-order valence-electron chi connectivity index (χ4n) is 4.10. The van der Waals surface area contributed by atoms with Crippen molar-refractivity contribution in [2.45, 2.75) is 25.8 Å². The number of aryl methyl sites for hydroxylation is 1. The molecule has 5 heterocycles. The number of imidazole rings is 1. The number of anilines is 2. The number of nitrogens with zero attached hydrogens (tertiary/aromatic N) is 9. The topological polar surface area (TPSA) is 146 Å². The molecule has 1 saturated heterocycles. The zero-order valence-electron chi connectivity index (χ0n) is 19.5. The molecule has 0 saturated carbocycles. The molecule has 1 aliphatic rings. The van der Waals surface area contributed by atoms with E-state index in [1.54, 1.807) is 25.4 Å². The van der Waals surface area contributed by atoms with Crippen LogP contribution in [0.2, 0.25) is 0 Å². The average molecular weight is 477 g/mol. The summed E-state index contributed by atoms with van der Waals surface area (Å²) in [6.07, 6.45) is 8.52. The zero-order chi connectivity index (χ0) is 24.7. The maximum atomic E-state index is 13.0. The number of fused-ring (bicyclic) bond motifs is 1. The van der Waals surface area contributed by atoms with Crippen molar-refractivity contribution in [3.63, 3.8) is 0 Å². The Balaban J connectivity index is 1.38. The molecule has 1 atom stereocenters. The van der Waals surface area contributed by atoms with Crippen LogP contribution in [0.1, 0.15) is 25.8 Å². The van der Waals surface area contributed by atoms with Crippen molar-refractivity contribution >= 4 is 28.8 Å². The summed E-state index contributed by atoms with van der Waals surface area (Å²) >= 11 is 0. The van der Waals surface area contributed by atoms with Crippen LogP contribution in [0.5, 0.6) is 0 Å². The largest absolute Gasteiger partial charge is 0.341 e. The van der Waals surface area contributed by atoms with Crippen LogP contribution in [0.15, 0.2) is 40.6 Å². The molecule has 0 unspecified atom stereocenters. The van der Waals surface area contributed by atoms with Crippen molar-refractivity contribution in [1.82, 2.24) is 38.6 Å². The first-order valence-corrected chi connectivity index (χ1v) is 11.2. The summed E-state index contributed by atoms with van der Waals surface area (Å²) in [5.74, 6) is 0.937. The Morgan fingerprint density at radius 2 is 1.74 bits per heavy atom. The molecule has 13 heteroatoms. The van der Waals surface area contributed by atoms with E-state index in [0.717, 1.165) is 30.5 Å². The molecule has 0 aromatic carbocycles. The zero-order valence-corrected chi connectivity index (χ0v) is 19.5. The first kappa shape index (κ1) is 22.4. The Hall–Kier alpha value is -4.42. The number of amides is 1. The molecule has 180 valence electrons. The van der Waals surface area contributed by atoms with E-state index in [1.807, 2.05) is 0 Å². The van der Waals surface area contributed by atoms with Gasteiger partial charge in [-0.2, -0.15) is 0 Å². The minimum absolute atomic E-state index is 0.163. The average Bonchev–Trinajstić information content (AvgIpc) is 3.57. The van der Waals surface area contributed by atoms with Crippen LogP contribution >= 0.6 is 0 Å². The van der Waals surface area contributed by atoms with Gasteiger partial charge in [-0.3, -0.25) is 18.7 Å². The molecule has 0 spiro atoms. The first-order chi connectivity index (χ1) is 16.8. The molecule has 4 aromatic rings. The maximum Gasteiger partial charge on any atom is 0.332 e. The Bertz CT molecular complexity index is 1530. The van der Waals surface area contributed by atoms with Gasteiger partial charge in [0.1, 0.15) is 11.9 Å². The van der Waals surface area contributed by atoms with Crippen molar-refractivity contribution in [2.75, 3.05) is 23.3 Å². The van der Waals surface area contributed by atoms with Crippen LogP contribution < -0.4 is 21.5 Å². The van der Waals surface area contributed by atoms with Crippen molar-refractivity contribution in [3.8, 4) is 11.4 Å². The molecule has 13 nitrogen and oxygen atoms in total. The Labute approximate surface area is 199 Å². The highest BCUT2D eigenvalue weighted by Gasteiger charge is 2.22. The number of rotatable bonds is 5. The summed E-state index contributed by atoms with van der Waals surface area (Å²) in [5.41, 5.74) is -0.0183. The third-order valence-corrected chi connectivity index (χ3v) is 6.16. The van der Waals surface area contributed by atoms with Gasteiger partial charge in [0.15, 0.2) is 17.0 Å². The SMILES string of the molecule is C[C@@H](C(=O)Nc1ccnc(-c2cnc(N3CCCC3)nc2)n1)n1cnc2c1c(=O)n(C)c(=O)n2C. The van der Waals surface area contributed by atoms with Crippen molar-refractivity contribution in [2.24, 2.45) is 14.1 Å². The summed E-state index contributed by atoms with van der Waals surface area (Å²) in [7, 11) is 2.91. The van der Waals surface area contributed by atoms with Crippen LogP contribution in [-0.2, 0) is 18.9 Å². The molecule has 0 aliphatic carbocycles. The minimum Gasteiger partial charge on any atom is -0.341 e. The quantitative estimate of drug-likeness (QED) is 0.434. The van der Waals surface area contributed by atoms with E-state index in [-0.39, 0.29) is 11.2 Å². The van der Waals surface area contributed by atoms with E-state index in [4.69, 9.17) is 0 Å². The maximum absolute atomic E-state index is 13.0. The molecule has 1 N–H and O–H groups in total. The minimum atomic E-state index is -0.799. The van der Waals surface area contributed by atoms with E-state index in [1.165, 1.54) is 35.8 Å². The summed E-state index contributed by atoms with van der Waals surface area (Å²) in [5, 5.41) is 2.76.